The van der Waals surface area contributed by atoms with E-state index in [2.05, 4.69) is 5.32 Å². The molecule has 3 N–H and O–H groups in total. The van der Waals surface area contributed by atoms with E-state index in [9.17, 15) is 4.79 Å². The van der Waals surface area contributed by atoms with E-state index < -0.39 is 0 Å². The highest BCUT2D eigenvalue weighted by molar-refractivity contribution is 6.32. The smallest absolute Gasteiger partial charge is 0.317 e. The number of nitrogens with one attached hydrogen (secondary N) is 1. The Morgan fingerprint density at radius 3 is 3.00 bits per heavy atom. The summed E-state index contributed by atoms with van der Waals surface area (Å²) >= 11 is 6.06. The molecule has 1 fully saturated rings. The number of carbonyl (C=O) groups excluding carboxylic acids is 1. The summed E-state index contributed by atoms with van der Waals surface area (Å²) in [6.07, 6.45) is 0. The van der Waals surface area contributed by atoms with E-state index >= 15 is 0 Å². The van der Waals surface area contributed by atoms with E-state index in [1.54, 1.807) is 11.0 Å². The van der Waals surface area contributed by atoms with Gasteiger partial charge in [0.15, 0.2) is 0 Å². The quantitative estimate of drug-likeness (QED) is 0.844. The molecule has 0 saturated carbocycles. The van der Waals surface area contributed by atoms with Crippen LogP contribution in [0, 0.1) is 0 Å². The van der Waals surface area contributed by atoms with Crippen LogP contribution >= 0.6 is 11.6 Å². The average Bonchev–Trinajstić information content (AvgIpc) is 2.77. The van der Waals surface area contributed by atoms with Gasteiger partial charge in [-0.05, 0) is 6.07 Å². The Morgan fingerprint density at radius 1 is 1.50 bits per heavy atom. The molecule has 0 spiro atoms. The SMILES string of the molecule is NCc1cccc(Cl)c1OCCN1CCNC1=O. The Morgan fingerprint density at radius 2 is 2.33 bits per heavy atom. The number of para-hydroxylation sites is 1. The molecular formula is C12H16ClN3O2. The van der Waals surface area contributed by atoms with Gasteiger partial charge in [-0.15, -0.1) is 0 Å². The maximum absolute atomic E-state index is 11.3. The summed E-state index contributed by atoms with van der Waals surface area (Å²) in [6, 6.07) is 5.44. The summed E-state index contributed by atoms with van der Waals surface area (Å²) in [4.78, 5) is 13.0. The molecule has 18 heavy (non-hydrogen) atoms. The van der Waals surface area contributed by atoms with Crippen LogP contribution in [-0.4, -0.2) is 37.2 Å². The minimum Gasteiger partial charge on any atom is -0.490 e. The van der Waals surface area contributed by atoms with Crippen molar-refractivity contribution in [3.8, 4) is 5.75 Å². The van der Waals surface area contributed by atoms with Gasteiger partial charge in [-0.2, -0.15) is 0 Å². The molecule has 1 aliphatic heterocycles. The van der Waals surface area contributed by atoms with Crippen molar-refractivity contribution >= 4 is 17.6 Å². The fourth-order valence-electron chi connectivity index (χ4n) is 1.86. The number of hydrogen-bond donors (Lipinski definition) is 2. The van der Waals surface area contributed by atoms with Gasteiger partial charge in [0.1, 0.15) is 12.4 Å². The predicted molar refractivity (Wildman–Crippen MR) is 69.8 cm³/mol. The number of amides is 2. The third-order valence-corrected chi connectivity index (χ3v) is 3.12. The number of hydrogen-bond acceptors (Lipinski definition) is 3. The lowest BCUT2D eigenvalue weighted by Crippen LogP contribution is -2.32. The van der Waals surface area contributed by atoms with Gasteiger partial charge in [-0.3, -0.25) is 0 Å². The number of nitrogens with zero attached hydrogens (tertiary/aromatic N) is 1. The number of halogens is 1. The van der Waals surface area contributed by atoms with Crippen molar-refractivity contribution in [2.45, 2.75) is 6.54 Å². The van der Waals surface area contributed by atoms with Gasteiger partial charge in [0.25, 0.3) is 0 Å². The van der Waals surface area contributed by atoms with Crippen molar-refractivity contribution in [3.05, 3.63) is 28.8 Å². The molecule has 1 aromatic rings. The van der Waals surface area contributed by atoms with Gasteiger partial charge in [-0.1, -0.05) is 23.7 Å². The van der Waals surface area contributed by atoms with Crippen LogP contribution in [-0.2, 0) is 6.54 Å². The predicted octanol–water partition coefficient (Wildman–Crippen LogP) is 1.20. The molecule has 1 saturated heterocycles. The van der Waals surface area contributed by atoms with Crippen LogP contribution in [0.1, 0.15) is 5.56 Å². The molecule has 6 heteroatoms. The summed E-state index contributed by atoms with van der Waals surface area (Å²) in [5.74, 6) is 0.612. The second kappa shape index (κ2) is 5.93. The normalized spacial score (nSPS) is 14.8. The zero-order valence-electron chi connectivity index (χ0n) is 9.99. The third-order valence-electron chi connectivity index (χ3n) is 2.82. The molecule has 1 aromatic carbocycles. The van der Waals surface area contributed by atoms with Crippen molar-refractivity contribution in [2.75, 3.05) is 26.2 Å². The van der Waals surface area contributed by atoms with Crippen LogP contribution < -0.4 is 15.8 Å². The monoisotopic (exact) mass is 269 g/mol. The lowest BCUT2D eigenvalue weighted by Gasteiger charge is -2.16. The van der Waals surface area contributed by atoms with E-state index in [-0.39, 0.29) is 6.03 Å². The number of nitrogens with two attached hydrogens (primary N) is 1. The van der Waals surface area contributed by atoms with Crippen LogP contribution in [0.4, 0.5) is 4.79 Å². The highest BCUT2D eigenvalue weighted by Gasteiger charge is 2.19. The molecule has 1 heterocycles. The Kier molecular flexibility index (Phi) is 4.28. The minimum atomic E-state index is -0.0446. The van der Waals surface area contributed by atoms with Gasteiger partial charge < -0.3 is 20.7 Å². The van der Waals surface area contributed by atoms with Crippen molar-refractivity contribution in [3.63, 3.8) is 0 Å². The second-order valence-electron chi connectivity index (χ2n) is 4.00. The number of ether oxygens (including phenoxy) is 1. The Bertz CT molecular complexity index is 439. The van der Waals surface area contributed by atoms with Crippen LogP contribution in [0.5, 0.6) is 5.75 Å². The van der Waals surface area contributed by atoms with Crippen LogP contribution in [0.3, 0.4) is 0 Å². The standard InChI is InChI=1S/C12H16ClN3O2/c13-10-3-1-2-9(8-14)11(10)18-7-6-16-5-4-15-12(16)17/h1-3H,4-8,14H2,(H,15,17). The van der Waals surface area contributed by atoms with Crippen LogP contribution in [0.2, 0.25) is 5.02 Å². The fourth-order valence-corrected chi connectivity index (χ4v) is 2.11. The molecule has 98 valence electrons. The molecule has 0 unspecified atom stereocenters. The van der Waals surface area contributed by atoms with E-state index in [0.29, 0.717) is 43.6 Å². The van der Waals surface area contributed by atoms with E-state index in [1.165, 1.54) is 0 Å². The zero-order chi connectivity index (χ0) is 13.0. The minimum absolute atomic E-state index is 0.0446. The average molecular weight is 270 g/mol. The Labute approximate surface area is 111 Å². The number of rotatable bonds is 5. The maximum atomic E-state index is 11.3. The topological polar surface area (TPSA) is 67.6 Å². The van der Waals surface area contributed by atoms with Crippen molar-refractivity contribution in [1.82, 2.24) is 10.2 Å². The largest absolute Gasteiger partial charge is 0.490 e. The zero-order valence-corrected chi connectivity index (χ0v) is 10.7. The summed E-state index contributed by atoms with van der Waals surface area (Å²) in [7, 11) is 0. The Balaban J connectivity index is 1.92. The van der Waals surface area contributed by atoms with Crippen LogP contribution in [0.25, 0.3) is 0 Å². The molecule has 1 aliphatic rings. The Hall–Kier alpha value is -1.46. The molecule has 0 atom stereocenters. The molecule has 0 aromatic heterocycles. The highest BCUT2D eigenvalue weighted by Crippen LogP contribution is 2.28. The lowest BCUT2D eigenvalue weighted by atomic mass is 10.2. The molecule has 0 aliphatic carbocycles. The van der Waals surface area contributed by atoms with E-state index in [4.69, 9.17) is 22.1 Å². The van der Waals surface area contributed by atoms with Crippen molar-refractivity contribution in [2.24, 2.45) is 5.73 Å². The van der Waals surface area contributed by atoms with Gasteiger partial charge >= 0.3 is 6.03 Å². The van der Waals surface area contributed by atoms with Gasteiger partial charge in [-0.25, -0.2) is 4.79 Å². The first-order valence-electron chi connectivity index (χ1n) is 5.85. The molecule has 5 nitrogen and oxygen atoms in total. The summed E-state index contributed by atoms with van der Waals surface area (Å²) < 4.78 is 5.64. The van der Waals surface area contributed by atoms with E-state index in [0.717, 1.165) is 5.56 Å². The third kappa shape index (κ3) is 2.86. The highest BCUT2D eigenvalue weighted by atomic mass is 35.5. The number of carbonyl (C=O) groups is 1. The molecule has 2 amide bonds. The van der Waals surface area contributed by atoms with Crippen molar-refractivity contribution in [1.29, 1.82) is 0 Å². The fraction of sp³-hybridized carbons (Fsp3) is 0.417. The first kappa shape index (κ1) is 13.0. The number of benzene rings is 1. The molecular weight excluding hydrogens is 254 g/mol. The van der Waals surface area contributed by atoms with E-state index in [1.807, 2.05) is 12.1 Å². The second-order valence-corrected chi connectivity index (χ2v) is 4.41. The first-order chi connectivity index (χ1) is 8.72. The van der Waals surface area contributed by atoms with Gasteiger partial charge in [0, 0.05) is 25.2 Å². The van der Waals surface area contributed by atoms with Crippen molar-refractivity contribution < 1.29 is 9.53 Å². The van der Waals surface area contributed by atoms with Gasteiger partial charge in [0.2, 0.25) is 0 Å². The molecule has 0 radical (unpaired) electrons. The maximum Gasteiger partial charge on any atom is 0.317 e. The molecule has 0 bridgehead atoms. The summed E-state index contributed by atoms with van der Waals surface area (Å²) in [6.45, 7) is 2.73. The summed E-state index contributed by atoms with van der Waals surface area (Å²) in [5, 5.41) is 3.28. The van der Waals surface area contributed by atoms with Crippen LogP contribution in [0.15, 0.2) is 18.2 Å². The summed E-state index contributed by atoms with van der Waals surface area (Å²) in [5.41, 5.74) is 6.49. The van der Waals surface area contributed by atoms with Gasteiger partial charge in [0.05, 0.1) is 11.6 Å². The molecule has 2 rings (SSSR count). The lowest BCUT2D eigenvalue weighted by molar-refractivity contribution is 0.202. The first-order valence-corrected chi connectivity index (χ1v) is 6.23. The number of urea groups is 1.